The SMILES string of the molecule is COc1ccccc1CCNC(=O)c1cccc(S(=O)(=O)NC2CC2)c1. The van der Waals surface area contributed by atoms with Crippen molar-refractivity contribution in [3.63, 3.8) is 0 Å². The Hall–Kier alpha value is -2.38. The first-order valence-corrected chi connectivity index (χ1v) is 10.0. The predicted octanol–water partition coefficient (Wildman–Crippen LogP) is 2.11. The average molecular weight is 374 g/mol. The maximum atomic E-state index is 12.3. The Labute approximate surface area is 153 Å². The van der Waals surface area contributed by atoms with Gasteiger partial charge in [-0.1, -0.05) is 24.3 Å². The first-order valence-electron chi connectivity index (χ1n) is 8.52. The van der Waals surface area contributed by atoms with Gasteiger partial charge in [-0.25, -0.2) is 13.1 Å². The van der Waals surface area contributed by atoms with E-state index in [0.29, 0.717) is 18.5 Å². The fourth-order valence-corrected chi connectivity index (χ4v) is 3.97. The summed E-state index contributed by atoms with van der Waals surface area (Å²) in [4.78, 5) is 12.5. The van der Waals surface area contributed by atoms with E-state index >= 15 is 0 Å². The fourth-order valence-electron chi connectivity index (χ4n) is 2.62. The van der Waals surface area contributed by atoms with E-state index in [4.69, 9.17) is 4.74 Å². The second kappa shape index (κ2) is 7.88. The number of methoxy groups -OCH3 is 1. The molecule has 0 saturated heterocycles. The van der Waals surface area contributed by atoms with Gasteiger partial charge in [-0.15, -0.1) is 0 Å². The first-order chi connectivity index (χ1) is 12.5. The fraction of sp³-hybridized carbons (Fsp3) is 0.316. The molecule has 2 aromatic rings. The number of nitrogens with one attached hydrogen (secondary N) is 2. The van der Waals surface area contributed by atoms with Crippen LogP contribution >= 0.6 is 0 Å². The third-order valence-corrected chi connectivity index (χ3v) is 5.70. The number of hydrogen-bond donors (Lipinski definition) is 2. The molecular weight excluding hydrogens is 352 g/mol. The molecule has 26 heavy (non-hydrogen) atoms. The quantitative estimate of drug-likeness (QED) is 0.741. The van der Waals surface area contributed by atoms with Gasteiger partial charge < -0.3 is 10.1 Å². The van der Waals surface area contributed by atoms with Crippen LogP contribution in [0.5, 0.6) is 5.75 Å². The Morgan fingerprint density at radius 2 is 1.92 bits per heavy atom. The first kappa shape index (κ1) is 18.4. The van der Waals surface area contributed by atoms with Crippen LogP contribution in [0.3, 0.4) is 0 Å². The number of carbonyl (C=O) groups excluding carboxylic acids is 1. The summed E-state index contributed by atoms with van der Waals surface area (Å²) < 4.78 is 32.4. The minimum Gasteiger partial charge on any atom is -0.496 e. The maximum Gasteiger partial charge on any atom is 0.251 e. The third kappa shape index (κ3) is 4.62. The van der Waals surface area contributed by atoms with E-state index in [1.165, 1.54) is 12.1 Å². The number of sulfonamides is 1. The largest absolute Gasteiger partial charge is 0.496 e. The van der Waals surface area contributed by atoms with Crippen LogP contribution in [0.25, 0.3) is 0 Å². The van der Waals surface area contributed by atoms with Crippen LogP contribution in [0.4, 0.5) is 0 Å². The molecule has 0 heterocycles. The van der Waals surface area contributed by atoms with Crippen LogP contribution in [0, 0.1) is 0 Å². The molecule has 0 spiro atoms. The molecule has 138 valence electrons. The van der Waals surface area contributed by atoms with E-state index in [1.807, 2.05) is 24.3 Å². The molecule has 0 atom stereocenters. The highest BCUT2D eigenvalue weighted by atomic mass is 32.2. The topological polar surface area (TPSA) is 84.5 Å². The van der Waals surface area contributed by atoms with E-state index < -0.39 is 10.0 Å². The summed E-state index contributed by atoms with van der Waals surface area (Å²) in [5.74, 6) is 0.476. The Bertz CT molecular complexity index is 892. The molecule has 1 amide bonds. The highest BCUT2D eigenvalue weighted by Gasteiger charge is 2.28. The highest BCUT2D eigenvalue weighted by molar-refractivity contribution is 7.89. The van der Waals surface area contributed by atoms with Crippen LogP contribution in [-0.2, 0) is 16.4 Å². The monoisotopic (exact) mass is 374 g/mol. The average Bonchev–Trinajstić information content (AvgIpc) is 3.45. The van der Waals surface area contributed by atoms with Crippen molar-refractivity contribution < 1.29 is 17.9 Å². The van der Waals surface area contributed by atoms with Crippen LogP contribution in [0.1, 0.15) is 28.8 Å². The lowest BCUT2D eigenvalue weighted by Gasteiger charge is -2.10. The van der Waals surface area contributed by atoms with Gasteiger partial charge in [-0.05, 0) is 49.1 Å². The standard InChI is InChI=1S/C19H22N2O4S/c1-25-18-8-3-2-5-14(18)11-12-20-19(22)15-6-4-7-17(13-15)26(23,24)21-16-9-10-16/h2-8,13,16,21H,9-12H2,1H3,(H,20,22). The molecular formula is C19H22N2O4S. The Morgan fingerprint density at radius 3 is 2.65 bits per heavy atom. The molecule has 1 fully saturated rings. The van der Waals surface area contributed by atoms with Gasteiger partial charge in [0.05, 0.1) is 12.0 Å². The number of rotatable bonds is 8. The second-order valence-electron chi connectivity index (χ2n) is 6.24. The van der Waals surface area contributed by atoms with Crippen LogP contribution < -0.4 is 14.8 Å². The van der Waals surface area contributed by atoms with Crippen molar-refractivity contribution in [3.8, 4) is 5.75 Å². The lowest BCUT2D eigenvalue weighted by Crippen LogP contribution is -2.28. The van der Waals surface area contributed by atoms with E-state index in [0.717, 1.165) is 24.2 Å². The molecule has 0 bridgehead atoms. The van der Waals surface area contributed by atoms with Gasteiger partial charge in [-0.2, -0.15) is 0 Å². The summed E-state index contributed by atoms with van der Waals surface area (Å²) in [6, 6.07) is 13.7. The van der Waals surface area contributed by atoms with Crippen molar-refractivity contribution in [1.82, 2.24) is 10.0 Å². The van der Waals surface area contributed by atoms with E-state index in [1.54, 1.807) is 19.2 Å². The highest BCUT2D eigenvalue weighted by Crippen LogP contribution is 2.22. The summed E-state index contributed by atoms with van der Waals surface area (Å²) in [5.41, 5.74) is 1.32. The van der Waals surface area contributed by atoms with Crippen LogP contribution in [-0.4, -0.2) is 34.0 Å². The van der Waals surface area contributed by atoms with Gasteiger partial charge in [0.2, 0.25) is 10.0 Å². The zero-order valence-electron chi connectivity index (χ0n) is 14.6. The molecule has 7 heteroatoms. The Kier molecular flexibility index (Phi) is 5.58. The van der Waals surface area contributed by atoms with Crippen molar-refractivity contribution in [2.45, 2.75) is 30.2 Å². The minimum atomic E-state index is -3.57. The summed E-state index contributed by atoms with van der Waals surface area (Å²) in [6.45, 7) is 0.427. The second-order valence-corrected chi connectivity index (χ2v) is 7.96. The summed E-state index contributed by atoms with van der Waals surface area (Å²) in [7, 11) is -1.96. The number of amides is 1. The number of para-hydroxylation sites is 1. The summed E-state index contributed by atoms with van der Waals surface area (Å²) in [6.07, 6.45) is 2.35. The molecule has 1 saturated carbocycles. The number of hydrogen-bond acceptors (Lipinski definition) is 4. The van der Waals surface area contributed by atoms with Crippen molar-refractivity contribution in [2.24, 2.45) is 0 Å². The maximum absolute atomic E-state index is 12.3. The predicted molar refractivity (Wildman–Crippen MR) is 98.8 cm³/mol. The van der Waals surface area contributed by atoms with Crippen molar-refractivity contribution in [2.75, 3.05) is 13.7 Å². The zero-order chi connectivity index (χ0) is 18.6. The number of ether oxygens (including phenoxy) is 1. The van der Waals surface area contributed by atoms with Gasteiger partial charge in [0.15, 0.2) is 0 Å². The molecule has 2 N–H and O–H groups in total. The summed E-state index contributed by atoms with van der Waals surface area (Å²) in [5, 5.41) is 2.82. The van der Waals surface area contributed by atoms with Crippen molar-refractivity contribution in [1.29, 1.82) is 0 Å². The van der Waals surface area contributed by atoms with Crippen LogP contribution in [0.15, 0.2) is 53.4 Å². The number of carbonyl (C=O) groups is 1. The molecule has 3 rings (SSSR count). The molecule has 1 aliphatic carbocycles. The Morgan fingerprint density at radius 1 is 1.15 bits per heavy atom. The molecule has 0 unspecified atom stereocenters. The lowest BCUT2D eigenvalue weighted by molar-refractivity contribution is 0.0954. The molecule has 0 aliphatic heterocycles. The molecule has 0 radical (unpaired) electrons. The van der Waals surface area contributed by atoms with Crippen molar-refractivity contribution in [3.05, 3.63) is 59.7 Å². The van der Waals surface area contributed by atoms with Gasteiger partial charge in [0.25, 0.3) is 5.91 Å². The molecule has 6 nitrogen and oxygen atoms in total. The van der Waals surface area contributed by atoms with Gasteiger partial charge in [0, 0.05) is 18.2 Å². The van der Waals surface area contributed by atoms with E-state index in [-0.39, 0.29) is 16.8 Å². The van der Waals surface area contributed by atoms with Gasteiger partial charge >= 0.3 is 0 Å². The zero-order valence-corrected chi connectivity index (χ0v) is 15.4. The lowest BCUT2D eigenvalue weighted by atomic mass is 10.1. The minimum absolute atomic E-state index is 0.0262. The summed E-state index contributed by atoms with van der Waals surface area (Å²) >= 11 is 0. The number of benzene rings is 2. The molecule has 2 aromatic carbocycles. The van der Waals surface area contributed by atoms with Crippen LogP contribution in [0.2, 0.25) is 0 Å². The molecule has 1 aliphatic rings. The smallest absolute Gasteiger partial charge is 0.251 e. The Balaban J connectivity index is 1.62. The van der Waals surface area contributed by atoms with E-state index in [2.05, 4.69) is 10.0 Å². The molecule has 0 aromatic heterocycles. The van der Waals surface area contributed by atoms with Crippen molar-refractivity contribution >= 4 is 15.9 Å². The van der Waals surface area contributed by atoms with Gasteiger partial charge in [-0.3, -0.25) is 4.79 Å². The van der Waals surface area contributed by atoms with Gasteiger partial charge in [0.1, 0.15) is 5.75 Å². The van der Waals surface area contributed by atoms with E-state index in [9.17, 15) is 13.2 Å². The third-order valence-electron chi connectivity index (χ3n) is 4.18. The normalized spacial score (nSPS) is 14.0.